The molecule has 2 aromatic carbocycles. The lowest BCUT2D eigenvalue weighted by Crippen LogP contribution is -2.45. The van der Waals surface area contributed by atoms with E-state index in [1.165, 1.54) is 14.1 Å². The number of rotatable bonds is 9. The van der Waals surface area contributed by atoms with Gasteiger partial charge in [0.25, 0.3) is 0 Å². The number of carbonyl (C=O) groups excluding carboxylic acids is 1. The van der Waals surface area contributed by atoms with Crippen molar-refractivity contribution < 1.29 is 17.9 Å². The molecule has 1 amide bonds. The number of nitrogens with zero attached hydrogens (tertiary/aromatic N) is 2. The first-order valence-corrected chi connectivity index (χ1v) is 9.98. The lowest BCUT2D eigenvalue weighted by molar-refractivity contribution is -0.119. The normalized spacial score (nSPS) is 11.3. The minimum absolute atomic E-state index is 0.301. The van der Waals surface area contributed by atoms with Gasteiger partial charge in [0, 0.05) is 20.6 Å². The summed E-state index contributed by atoms with van der Waals surface area (Å²) in [5.41, 5.74) is 1.33. The van der Waals surface area contributed by atoms with Crippen molar-refractivity contribution in [2.75, 3.05) is 31.6 Å². The molecule has 8 heteroatoms. The number of hydrogen-bond donors (Lipinski definition) is 1. The average Bonchev–Trinajstić information content (AvgIpc) is 2.66. The van der Waals surface area contributed by atoms with Gasteiger partial charge in [0.05, 0.1) is 12.3 Å². The molecule has 0 saturated heterocycles. The van der Waals surface area contributed by atoms with Crippen LogP contribution in [0.5, 0.6) is 5.75 Å². The van der Waals surface area contributed by atoms with Crippen LogP contribution < -0.4 is 14.4 Å². The quantitative estimate of drug-likeness (QED) is 0.709. The summed E-state index contributed by atoms with van der Waals surface area (Å²) in [5.74, 6) is 0.373. The third-order valence-electron chi connectivity index (χ3n) is 3.80. The zero-order chi connectivity index (χ0) is 19.9. The molecule has 0 unspecified atom stereocenters. The van der Waals surface area contributed by atoms with E-state index in [0.29, 0.717) is 18.8 Å². The molecule has 2 aromatic rings. The summed E-state index contributed by atoms with van der Waals surface area (Å²) in [6.45, 7) is 2.50. The Balaban J connectivity index is 2.05. The minimum atomic E-state index is -3.79. The Hall–Kier alpha value is -2.58. The summed E-state index contributed by atoms with van der Waals surface area (Å²) in [7, 11) is -0.925. The summed E-state index contributed by atoms with van der Waals surface area (Å²) in [6, 6.07) is 15.9. The van der Waals surface area contributed by atoms with E-state index in [-0.39, 0.29) is 6.54 Å². The number of carbonyl (C=O) groups is 1. The molecule has 7 nitrogen and oxygen atoms in total. The van der Waals surface area contributed by atoms with E-state index in [9.17, 15) is 13.2 Å². The second-order valence-corrected chi connectivity index (χ2v) is 8.05. The van der Waals surface area contributed by atoms with Gasteiger partial charge >= 0.3 is 10.2 Å². The summed E-state index contributed by atoms with van der Waals surface area (Å²) < 4.78 is 32.7. The number of amides is 1. The summed E-state index contributed by atoms with van der Waals surface area (Å²) >= 11 is 0. The van der Waals surface area contributed by atoms with Crippen molar-refractivity contribution in [3.63, 3.8) is 0 Å². The van der Waals surface area contributed by atoms with Crippen LogP contribution in [0.15, 0.2) is 54.6 Å². The lowest BCUT2D eigenvalue weighted by atomic mass is 10.2. The van der Waals surface area contributed by atoms with Gasteiger partial charge < -0.3 is 10.1 Å². The Morgan fingerprint density at radius 3 is 2.22 bits per heavy atom. The highest BCUT2D eigenvalue weighted by molar-refractivity contribution is 7.90. The zero-order valence-electron chi connectivity index (χ0n) is 15.8. The van der Waals surface area contributed by atoms with Crippen molar-refractivity contribution in [3.05, 3.63) is 60.2 Å². The minimum Gasteiger partial charge on any atom is -0.494 e. The van der Waals surface area contributed by atoms with E-state index < -0.39 is 16.1 Å². The van der Waals surface area contributed by atoms with Gasteiger partial charge in [-0.05, 0) is 36.8 Å². The fraction of sp³-hybridized carbons (Fsp3) is 0.316. The molecule has 0 heterocycles. The number of anilines is 1. The predicted octanol–water partition coefficient (Wildman–Crippen LogP) is 2.01. The van der Waals surface area contributed by atoms with Crippen LogP contribution in [0.2, 0.25) is 0 Å². The summed E-state index contributed by atoms with van der Waals surface area (Å²) in [6.07, 6.45) is 0. The van der Waals surface area contributed by atoms with Gasteiger partial charge in [0.1, 0.15) is 12.3 Å². The predicted molar refractivity (Wildman–Crippen MR) is 106 cm³/mol. The average molecular weight is 391 g/mol. The first-order chi connectivity index (χ1) is 12.8. The maximum atomic E-state index is 12.6. The van der Waals surface area contributed by atoms with Crippen molar-refractivity contribution in [2.24, 2.45) is 0 Å². The largest absolute Gasteiger partial charge is 0.494 e. The first-order valence-electron chi connectivity index (χ1n) is 8.58. The van der Waals surface area contributed by atoms with Gasteiger partial charge in [-0.2, -0.15) is 12.7 Å². The van der Waals surface area contributed by atoms with Crippen LogP contribution in [0, 0.1) is 0 Å². The molecule has 2 rings (SSSR count). The van der Waals surface area contributed by atoms with Crippen molar-refractivity contribution in [2.45, 2.75) is 13.5 Å². The van der Waals surface area contributed by atoms with Crippen LogP contribution in [-0.2, 0) is 21.5 Å². The Morgan fingerprint density at radius 1 is 1.04 bits per heavy atom. The van der Waals surface area contributed by atoms with Crippen molar-refractivity contribution in [1.82, 2.24) is 9.62 Å². The van der Waals surface area contributed by atoms with Crippen LogP contribution in [0.4, 0.5) is 5.69 Å². The van der Waals surface area contributed by atoms with Gasteiger partial charge in [-0.15, -0.1) is 0 Å². The summed E-state index contributed by atoms with van der Waals surface area (Å²) in [4.78, 5) is 12.4. The van der Waals surface area contributed by atoms with Crippen molar-refractivity contribution in [3.8, 4) is 5.75 Å². The van der Waals surface area contributed by atoms with Crippen molar-refractivity contribution >= 4 is 21.8 Å². The topological polar surface area (TPSA) is 79.0 Å². The molecule has 0 spiro atoms. The van der Waals surface area contributed by atoms with Gasteiger partial charge in [-0.3, -0.25) is 4.79 Å². The van der Waals surface area contributed by atoms with E-state index in [1.807, 2.05) is 31.2 Å². The highest BCUT2D eigenvalue weighted by Gasteiger charge is 2.26. The number of nitrogens with one attached hydrogen (secondary N) is 1. The number of hydrogen-bond acceptors (Lipinski definition) is 4. The molecule has 0 aliphatic heterocycles. The molecule has 0 fully saturated rings. The maximum Gasteiger partial charge on any atom is 0.304 e. The van der Waals surface area contributed by atoms with Gasteiger partial charge in [-0.25, -0.2) is 4.31 Å². The fourth-order valence-corrected chi connectivity index (χ4v) is 3.42. The van der Waals surface area contributed by atoms with E-state index in [1.54, 1.807) is 30.3 Å². The zero-order valence-corrected chi connectivity index (χ0v) is 16.6. The molecule has 0 aromatic heterocycles. The second kappa shape index (κ2) is 9.38. The van der Waals surface area contributed by atoms with E-state index >= 15 is 0 Å². The van der Waals surface area contributed by atoms with Crippen LogP contribution in [0.3, 0.4) is 0 Å². The molecule has 0 saturated carbocycles. The smallest absolute Gasteiger partial charge is 0.304 e. The SMILES string of the molecule is CCOc1ccc(CNC(=O)CN(c2ccccc2)S(=O)(=O)N(C)C)cc1. The molecule has 0 aliphatic rings. The number of para-hydroxylation sites is 1. The monoisotopic (exact) mass is 391 g/mol. The third kappa shape index (κ3) is 5.70. The van der Waals surface area contributed by atoms with Gasteiger partial charge in [0.2, 0.25) is 5.91 Å². The Bertz CT molecular complexity index is 837. The van der Waals surface area contributed by atoms with E-state index in [4.69, 9.17) is 4.74 Å². The molecule has 0 atom stereocenters. The number of benzene rings is 2. The molecule has 0 radical (unpaired) electrons. The maximum absolute atomic E-state index is 12.6. The van der Waals surface area contributed by atoms with Gasteiger partial charge in [0.15, 0.2) is 0 Å². The Morgan fingerprint density at radius 2 is 1.67 bits per heavy atom. The van der Waals surface area contributed by atoms with Crippen molar-refractivity contribution in [1.29, 1.82) is 0 Å². The first kappa shape index (κ1) is 20.7. The highest BCUT2D eigenvalue weighted by atomic mass is 32.2. The molecule has 146 valence electrons. The highest BCUT2D eigenvalue weighted by Crippen LogP contribution is 2.18. The van der Waals surface area contributed by atoms with E-state index in [2.05, 4.69) is 5.32 Å². The van der Waals surface area contributed by atoms with Crippen LogP contribution in [-0.4, -0.2) is 45.9 Å². The number of ether oxygens (including phenoxy) is 1. The molecular weight excluding hydrogens is 366 g/mol. The van der Waals surface area contributed by atoms with Gasteiger partial charge in [-0.1, -0.05) is 30.3 Å². The molecule has 0 bridgehead atoms. The lowest BCUT2D eigenvalue weighted by Gasteiger charge is -2.26. The molecular formula is C19H25N3O4S. The Labute approximate surface area is 160 Å². The fourth-order valence-electron chi connectivity index (χ4n) is 2.35. The summed E-state index contributed by atoms with van der Waals surface area (Å²) in [5, 5.41) is 2.76. The van der Waals surface area contributed by atoms with Crippen LogP contribution in [0.25, 0.3) is 0 Å². The third-order valence-corrected chi connectivity index (χ3v) is 5.62. The van der Waals surface area contributed by atoms with E-state index in [0.717, 1.165) is 19.9 Å². The molecule has 27 heavy (non-hydrogen) atoms. The standard InChI is InChI=1S/C19H25N3O4S/c1-4-26-18-12-10-16(11-13-18)14-20-19(23)15-22(27(24,25)21(2)3)17-8-6-5-7-9-17/h5-13H,4,14-15H2,1-3H3,(H,20,23). The van der Waals surface area contributed by atoms with Crippen LogP contribution >= 0.6 is 0 Å². The van der Waals surface area contributed by atoms with Crippen LogP contribution in [0.1, 0.15) is 12.5 Å². The molecule has 0 aliphatic carbocycles. The second-order valence-electron chi connectivity index (χ2n) is 5.99. The Kier molecular flexibility index (Phi) is 7.20. The molecule has 1 N–H and O–H groups in total.